The maximum absolute atomic E-state index is 12.2. The second-order valence-electron chi connectivity index (χ2n) is 5.42. The van der Waals surface area contributed by atoms with E-state index in [0.717, 1.165) is 11.0 Å². The zero-order valence-electron chi connectivity index (χ0n) is 14.3. The van der Waals surface area contributed by atoms with E-state index in [4.69, 9.17) is 0 Å². The van der Waals surface area contributed by atoms with E-state index in [0.29, 0.717) is 24.3 Å². The molecule has 1 N–H and O–H groups in total. The van der Waals surface area contributed by atoms with Crippen molar-refractivity contribution in [2.75, 3.05) is 17.8 Å². The molecule has 0 bridgehead atoms. The molecule has 2 aromatic rings. The number of nitrogens with zero attached hydrogens (tertiary/aromatic N) is 1. The third-order valence-corrected chi connectivity index (χ3v) is 4.70. The first-order valence-corrected chi connectivity index (χ1v) is 9.65. The molecule has 2 aromatic carbocycles. The quantitative estimate of drug-likeness (QED) is 0.823. The summed E-state index contributed by atoms with van der Waals surface area (Å²) in [7, 11) is -3.62. The van der Waals surface area contributed by atoms with Gasteiger partial charge in [-0.1, -0.05) is 30.3 Å². The molecule has 6 heteroatoms. The second kappa shape index (κ2) is 8.48. The Hall–Kier alpha value is -2.60. The van der Waals surface area contributed by atoms with Crippen LogP contribution in [-0.2, 0) is 10.0 Å². The molecule has 0 spiro atoms. The standard InChI is InChI=1S/C19H22N2O3S/c1-3-21(4-2)19(22)17-10-12-18(13-11-17)20-25(23,24)15-14-16-8-6-5-7-9-16/h5-15,20H,3-4H2,1-2H3/b15-14+. The van der Waals surface area contributed by atoms with Gasteiger partial charge in [-0.05, 0) is 49.8 Å². The molecule has 0 saturated carbocycles. The number of amides is 1. The topological polar surface area (TPSA) is 66.5 Å². The van der Waals surface area contributed by atoms with Crippen molar-refractivity contribution >= 4 is 27.7 Å². The van der Waals surface area contributed by atoms with Crippen LogP contribution in [0.25, 0.3) is 6.08 Å². The van der Waals surface area contributed by atoms with Crippen LogP contribution in [-0.4, -0.2) is 32.3 Å². The molecular weight excluding hydrogens is 336 g/mol. The van der Waals surface area contributed by atoms with Gasteiger partial charge >= 0.3 is 0 Å². The largest absolute Gasteiger partial charge is 0.339 e. The first kappa shape index (κ1) is 18.7. The smallest absolute Gasteiger partial charge is 0.255 e. The van der Waals surface area contributed by atoms with E-state index in [9.17, 15) is 13.2 Å². The highest BCUT2D eigenvalue weighted by molar-refractivity contribution is 7.95. The van der Waals surface area contributed by atoms with Gasteiger partial charge in [-0.25, -0.2) is 8.42 Å². The third-order valence-electron chi connectivity index (χ3n) is 3.68. The number of sulfonamides is 1. The van der Waals surface area contributed by atoms with Crippen LogP contribution in [0.5, 0.6) is 0 Å². The van der Waals surface area contributed by atoms with Gasteiger partial charge in [0.25, 0.3) is 15.9 Å². The van der Waals surface area contributed by atoms with Gasteiger partial charge in [-0.2, -0.15) is 0 Å². The normalized spacial score (nSPS) is 11.4. The Labute approximate surface area is 149 Å². The number of benzene rings is 2. The van der Waals surface area contributed by atoms with E-state index in [1.165, 1.54) is 6.08 Å². The van der Waals surface area contributed by atoms with Crippen molar-refractivity contribution < 1.29 is 13.2 Å². The van der Waals surface area contributed by atoms with Crippen LogP contribution < -0.4 is 4.72 Å². The van der Waals surface area contributed by atoms with Crippen molar-refractivity contribution in [3.8, 4) is 0 Å². The van der Waals surface area contributed by atoms with Crippen LogP contribution in [0.4, 0.5) is 5.69 Å². The molecule has 0 radical (unpaired) electrons. The number of carbonyl (C=O) groups is 1. The summed E-state index contributed by atoms with van der Waals surface area (Å²) in [4.78, 5) is 13.9. The van der Waals surface area contributed by atoms with Crippen molar-refractivity contribution in [2.45, 2.75) is 13.8 Å². The molecule has 0 heterocycles. The van der Waals surface area contributed by atoms with Gasteiger partial charge in [0, 0.05) is 24.3 Å². The van der Waals surface area contributed by atoms with Gasteiger partial charge < -0.3 is 4.90 Å². The lowest BCUT2D eigenvalue weighted by molar-refractivity contribution is 0.0773. The van der Waals surface area contributed by atoms with Gasteiger partial charge in [-0.15, -0.1) is 0 Å². The van der Waals surface area contributed by atoms with E-state index < -0.39 is 10.0 Å². The van der Waals surface area contributed by atoms with Crippen molar-refractivity contribution in [1.29, 1.82) is 0 Å². The summed E-state index contributed by atoms with van der Waals surface area (Å²) < 4.78 is 26.7. The summed E-state index contributed by atoms with van der Waals surface area (Å²) in [5, 5.41) is 1.12. The van der Waals surface area contributed by atoms with Gasteiger partial charge in [0.2, 0.25) is 0 Å². The van der Waals surface area contributed by atoms with Crippen LogP contribution in [0.15, 0.2) is 60.0 Å². The molecule has 5 nitrogen and oxygen atoms in total. The summed E-state index contributed by atoms with van der Waals surface area (Å²) in [6.07, 6.45) is 1.53. The minimum absolute atomic E-state index is 0.0663. The minimum Gasteiger partial charge on any atom is -0.339 e. The number of hydrogen-bond donors (Lipinski definition) is 1. The summed E-state index contributed by atoms with van der Waals surface area (Å²) in [5.74, 6) is -0.0663. The molecule has 0 atom stereocenters. The Kier molecular flexibility index (Phi) is 6.36. The number of rotatable bonds is 7. The van der Waals surface area contributed by atoms with E-state index >= 15 is 0 Å². The number of anilines is 1. The molecular formula is C19H22N2O3S. The lowest BCUT2D eigenvalue weighted by Crippen LogP contribution is -2.30. The third kappa shape index (κ3) is 5.46. The average molecular weight is 358 g/mol. The molecule has 0 aliphatic carbocycles. The van der Waals surface area contributed by atoms with Crippen LogP contribution in [0, 0.1) is 0 Å². The fraction of sp³-hybridized carbons (Fsp3) is 0.211. The Bertz CT molecular complexity index is 825. The lowest BCUT2D eigenvalue weighted by atomic mass is 10.2. The van der Waals surface area contributed by atoms with E-state index in [1.807, 2.05) is 44.2 Å². The summed E-state index contributed by atoms with van der Waals surface area (Å²) >= 11 is 0. The maximum Gasteiger partial charge on any atom is 0.255 e. The molecule has 25 heavy (non-hydrogen) atoms. The predicted molar refractivity (Wildman–Crippen MR) is 102 cm³/mol. The molecule has 0 aromatic heterocycles. The van der Waals surface area contributed by atoms with Crippen LogP contribution in [0.3, 0.4) is 0 Å². The Morgan fingerprint density at radius 1 is 1.00 bits per heavy atom. The fourth-order valence-corrected chi connectivity index (χ4v) is 3.17. The summed E-state index contributed by atoms with van der Waals surface area (Å²) in [5.41, 5.74) is 1.74. The first-order chi connectivity index (χ1) is 11.9. The lowest BCUT2D eigenvalue weighted by Gasteiger charge is -2.18. The molecule has 0 fully saturated rings. The molecule has 0 aliphatic rings. The minimum atomic E-state index is -3.62. The SMILES string of the molecule is CCN(CC)C(=O)c1ccc(NS(=O)(=O)/C=C/c2ccccc2)cc1. The summed E-state index contributed by atoms with van der Waals surface area (Å²) in [6, 6.07) is 15.6. The van der Waals surface area contributed by atoms with Crippen LogP contribution in [0.2, 0.25) is 0 Å². The molecule has 0 aliphatic heterocycles. The Morgan fingerprint density at radius 3 is 2.16 bits per heavy atom. The molecule has 132 valence electrons. The van der Waals surface area contributed by atoms with E-state index in [-0.39, 0.29) is 5.91 Å². The Balaban J connectivity index is 2.07. The van der Waals surface area contributed by atoms with E-state index in [2.05, 4.69) is 4.72 Å². The maximum atomic E-state index is 12.2. The highest BCUT2D eigenvalue weighted by Crippen LogP contribution is 2.14. The van der Waals surface area contributed by atoms with Crippen molar-refractivity contribution in [3.63, 3.8) is 0 Å². The monoisotopic (exact) mass is 358 g/mol. The molecule has 0 saturated heterocycles. The fourth-order valence-electron chi connectivity index (χ4n) is 2.30. The van der Waals surface area contributed by atoms with Crippen LogP contribution >= 0.6 is 0 Å². The van der Waals surface area contributed by atoms with E-state index in [1.54, 1.807) is 29.2 Å². The zero-order chi connectivity index (χ0) is 18.3. The number of nitrogens with one attached hydrogen (secondary N) is 1. The first-order valence-electron chi connectivity index (χ1n) is 8.10. The van der Waals surface area contributed by atoms with Gasteiger partial charge in [0.15, 0.2) is 0 Å². The molecule has 1 amide bonds. The summed E-state index contributed by atoms with van der Waals surface area (Å²) in [6.45, 7) is 5.11. The number of carbonyl (C=O) groups excluding carboxylic acids is 1. The van der Waals surface area contributed by atoms with Gasteiger partial charge in [-0.3, -0.25) is 9.52 Å². The van der Waals surface area contributed by atoms with Gasteiger partial charge in [0.05, 0.1) is 5.41 Å². The second-order valence-corrected chi connectivity index (χ2v) is 6.98. The highest BCUT2D eigenvalue weighted by atomic mass is 32.2. The Morgan fingerprint density at radius 2 is 1.60 bits per heavy atom. The predicted octanol–water partition coefficient (Wildman–Crippen LogP) is 3.58. The number of hydrogen-bond acceptors (Lipinski definition) is 3. The van der Waals surface area contributed by atoms with Gasteiger partial charge in [0.1, 0.15) is 0 Å². The van der Waals surface area contributed by atoms with Crippen LogP contribution in [0.1, 0.15) is 29.8 Å². The van der Waals surface area contributed by atoms with Crippen molar-refractivity contribution in [1.82, 2.24) is 4.90 Å². The van der Waals surface area contributed by atoms with Crippen molar-refractivity contribution in [2.24, 2.45) is 0 Å². The zero-order valence-corrected chi connectivity index (χ0v) is 15.2. The molecule has 0 unspecified atom stereocenters. The molecule has 2 rings (SSSR count). The highest BCUT2D eigenvalue weighted by Gasteiger charge is 2.12. The average Bonchev–Trinajstić information content (AvgIpc) is 2.62. The van der Waals surface area contributed by atoms with Crippen molar-refractivity contribution in [3.05, 3.63) is 71.1 Å².